The molecule has 0 spiro atoms. The molecule has 3 aliphatic carbocycles. The number of aliphatic hydroxyl groups excluding tert-OH is 1. The number of rotatable bonds is 4. The average Bonchev–Trinajstić information content (AvgIpc) is 2.95. The van der Waals surface area contributed by atoms with Crippen LogP contribution in [0.2, 0.25) is 0 Å². The molecule has 1 aromatic rings. The number of allylic oxidation sites excluding steroid dienone is 1. The van der Waals surface area contributed by atoms with Crippen molar-refractivity contribution in [1.29, 1.82) is 0 Å². The lowest BCUT2D eigenvalue weighted by atomic mass is 9.55. The molecule has 0 aromatic heterocycles. The molecule has 3 unspecified atom stereocenters. The quantitative estimate of drug-likeness (QED) is 0.676. The summed E-state index contributed by atoms with van der Waals surface area (Å²) in [5.41, 5.74) is 5.27. The van der Waals surface area contributed by atoms with Crippen molar-refractivity contribution in [3.63, 3.8) is 0 Å². The predicted molar refractivity (Wildman–Crippen MR) is 110 cm³/mol. The molecule has 0 saturated heterocycles. The molecule has 0 radical (unpaired) electrons. The summed E-state index contributed by atoms with van der Waals surface area (Å²) in [6, 6.07) is 4.27. The summed E-state index contributed by atoms with van der Waals surface area (Å²) >= 11 is 0. The lowest BCUT2D eigenvalue weighted by Gasteiger charge is -2.49. The van der Waals surface area contributed by atoms with E-state index in [1.165, 1.54) is 48.8 Å². The standard InChI is InChI=1S/C24H35NO2/c1-15-5-8-21-19-7-6-16-12-22(27)17(13-25-23(2,3)14-26)11-20(16)18(19)9-10-24(15,21)4/h11-12,18-19,21,25-27H,1,5-10,13-14H2,2-4H3/t18?,19?,21?,24-/m1/s1. The number of aromatic hydroxyl groups is 1. The summed E-state index contributed by atoms with van der Waals surface area (Å²) < 4.78 is 0. The van der Waals surface area contributed by atoms with Gasteiger partial charge in [0.1, 0.15) is 5.75 Å². The predicted octanol–water partition coefficient (Wildman–Crippen LogP) is 4.67. The fraction of sp³-hybridized carbons (Fsp3) is 0.667. The van der Waals surface area contributed by atoms with Crippen LogP contribution in [-0.2, 0) is 13.0 Å². The highest BCUT2D eigenvalue weighted by Gasteiger charge is 2.51. The van der Waals surface area contributed by atoms with Gasteiger partial charge in [-0.05, 0) is 92.7 Å². The van der Waals surface area contributed by atoms with E-state index in [2.05, 4.69) is 24.9 Å². The molecule has 3 N–H and O–H groups in total. The van der Waals surface area contributed by atoms with Gasteiger partial charge in [0.25, 0.3) is 0 Å². The maximum atomic E-state index is 10.5. The van der Waals surface area contributed by atoms with E-state index in [9.17, 15) is 10.2 Å². The molecule has 0 bridgehead atoms. The third-order valence-corrected chi connectivity index (χ3v) is 8.03. The lowest BCUT2D eigenvalue weighted by Crippen LogP contribution is -2.42. The van der Waals surface area contributed by atoms with E-state index in [4.69, 9.17) is 0 Å². The van der Waals surface area contributed by atoms with Crippen LogP contribution < -0.4 is 5.32 Å². The van der Waals surface area contributed by atoms with E-state index >= 15 is 0 Å². The second-order valence-electron chi connectivity index (χ2n) is 10.1. The second kappa shape index (κ2) is 6.63. The van der Waals surface area contributed by atoms with Crippen LogP contribution in [0.15, 0.2) is 24.3 Å². The van der Waals surface area contributed by atoms with Gasteiger partial charge in [0.15, 0.2) is 0 Å². The molecular formula is C24H35NO2. The molecule has 0 aliphatic heterocycles. The van der Waals surface area contributed by atoms with Gasteiger partial charge in [-0.15, -0.1) is 0 Å². The highest BCUT2D eigenvalue weighted by atomic mass is 16.3. The minimum absolute atomic E-state index is 0.0769. The van der Waals surface area contributed by atoms with Gasteiger partial charge in [0.05, 0.1) is 6.61 Å². The Balaban J connectivity index is 1.62. The summed E-state index contributed by atoms with van der Waals surface area (Å²) in [5, 5.41) is 23.4. The van der Waals surface area contributed by atoms with Gasteiger partial charge in [-0.1, -0.05) is 25.1 Å². The number of fused-ring (bicyclic) bond motifs is 5. The van der Waals surface area contributed by atoms with Crippen molar-refractivity contribution in [2.75, 3.05) is 6.61 Å². The van der Waals surface area contributed by atoms with Gasteiger partial charge in [-0.2, -0.15) is 0 Å². The Morgan fingerprint density at radius 2 is 2.00 bits per heavy atom. The zero-order valence-corrected chi connectivity index (χ0v) is 17.1. The summed E-state index contributed by atoms with van der Waals surface area (Å²) in [6.07, 6.45) is 7.34. The molecular weight excluding hydrogens is 334 g/mol. The van der Waals surface area contributed by atoms with E-state index < -0.39 is 0 Å². The first-order valence-electron chi connectivity index (χ1n) is 10.6. The number of aliphatic hydroxyl groups is 1. The number of hydrogen-bond acceptors (Lipinski definition) is 3. The molecule has 3 nitrogen and oxygen atoms in total. The first-order valence-corrected chi connectivity index (χ1v) is 10.6. The molecule has 2 saturated carbocycles. The number of aryl methyl sites for hydroxylation is 1. The van der Waals surface area contributed by atoms with E-state index in [1.54, 1.807) is 0 Å². The molecule has 2 fully saturated rings. The van der Waals surface area contributed by atoms with Gasteiger partial charge in [0, 0.05) is 17.6 Å². The normalized spacial score (nSPS) is 32.7. The van der Waals surface area contributed by atoms with Crippen LogP contribution in [0.4, 0.5) is 0 Å². The van der Waals surface area contributed by atoms with E-state index in [0.717, 1.165) is 23.8 Å². The zero-order valence-electron chi connectivity index (χ0n) is 17.1. The lowest BCUT2D eigenvalue weighted by molar-refractivity contribution is 0.0815. The Kier molecular flexibility index (Phi) is 4.67. The highest BCUT2D eigenvalue weighted by molar-refractivity contribution is 5.46. The number of phenolic OH excluding ortho intramolecular Hbond substituents is 1. The summed E-state index contributed by atoms with van der Waals surface area (Å²) in [5.74, 6) is 2.56. The minimum Gasteiger partial charge on any atom is -0.508 e. The molecule has 0 heterocycles. The topological polar surface area (TPSA) is 52.5 Å². The first-order chi connectivity index (χ1) is 12.7. The Hall–Kier alpha value is -1.32. The van der Waals surface area contributed by atoms with Gasteiger partial charge in [0.2, 0.25) is 0 Å². The molecule has 27 heavy (non-hydrogen) atoms. The Morgan fingerprint density at radius 1 is 1.22 bits per heavy atom. The van der Waals surface area contributed by atoms with Crippen LogP contribution in [0.1, 0.15) is 75.5 Å². The fourth-order valence-electron chi connectivity index (χ4n) is 6.09. The number of phenols is 1. The molecule has 1 aromatic carbocycles. The van der Waals surface area contributed by atoms with Crippen molar-refractivity contribution in [2.24, 2.45) is 17.3 Å². The average molecular weight is 370 g/mol. The van der Waals surface area contributed by atoms with Gasteiger partial charge < -0.3 is 15.5 Å². The van der Waals surface area contributed by atoms with Crippen molar-refractivity contribution < 1.29 is 10.2 Å². The molecule has 3 heteroatoms. The molecule has 3 aliphatic rings. The smallest absolute Gasteiger partial charge is 0.120 e. The largest absolute Gasteiger partial charge is 0.508 e. The maximum absolute atomic E-state index is 10.5. The summed E-state index contributed by atoms with van der Waals surface area (Å²) in [4.78, 5) is 0. The van der Waals surface area contributed by atoms with Gasteiger partial charge >= 0.3 is 0 Å². The minimum atomic E-state index is -0.345. The van der Waals surface area contributed by atoms with E-state index in [-0.39, 0.29) is 12.1 Å². The molecule has 0 amide bonds. The number of benzene rings is 1. The van der Waals surface area contributed by atoms with Crippen molar-refractivity contribution >= 4 is 0 Å². The zero-order chi connectivity index (χ0) is 19.4. The monoisotopic (exact) mass is 369 g/mol. The fourth-order valence-corrected chi connectivity index (χ4v) is 6.09. The van der Waals surface area contributed by atoms with E-state index in [1.807, 2.05) is 19.9 Å². The Labute approximate surface area is 163 Å². The maximum Gasteiger partial charge on any atom is 0.120 e. The third-order valence-electron chi connectivity index (χ3n) is 8.03. The van der Waals surface area contributed by atoms with Crippen LogP contribution in [0, 0.1) is 17.3 Å². The SMILES string of the molecule is C=C1CCC2C3CCc4cc(O)c(CNC(C)(C)CO)cc4C3CC[C@]12C. The third kappa shape index (κ3) is 3.13. The molecule has 4 rings (SSSR count). The van der Waals surface area contributed by atoms with Crippen molar-refractivity contribution in [1.82, 2.24) is 5.32 Å². The van der Waals surface area contributed by atoms with E-state index in [0.29, 0.717) is 23.6 Å². The van der Waals surface area contributed by atoms with Crippen molar-refractivity contribution in [3.8, 4) is 5.75 Å². The van der Waals surface area contributed by atoms with Crippen molar-refractivity contribution in [2.45, 2.75) is 77.3 Å². The van der Waals surface area contributed by atoms with Crippen LogP contribution in [-0.4, -0.2) is 22.4 Å². The summed E-state index contributed by atoms with van der Waals surface area (Å²) in [6.45, 7) is 11.5. The van der Waals surface area contributed by atoms with Gasteiger partial charge in [-0.3, -0.25) is 0 Å². The van der Waals surface area contributed by atoms with Crippen LogP contribution in [0.5, 0.6) is 5.75 Å². The highest BCUT2D eigenvalue weighted by Crippen LogP contribution is 2.62. The molecule has 148 valence electrons. The number of hydrogen-bond donors (Lipinski definition) is 3. The second-order valence-corrected chi connectivity index (χ2v) is 10.1. The van der Waals surface area contributed by atoms with Gasteiger partial charge in [-0.25, -0.2) is 0 Å². The summed E-state index contributed by atoms with van der Waals surface area (Å²) in [7, 11) is 0. The Morgan fingerprint density at radius 3 is 2.74 bits per heavy atom. The van der Waals surface area contributed by atoms with Crippen LogP contribution >= 0.6 is 0 Å². The Bertz CT molecular complexity index is 753. The van der Waals surface area contributed by atoms with Crippen molar-refractivity contribution in [3.05, 3.63) is 41.0 Å². The van der Waals surface area contributed by atoms with Crippen LogP contribution in [0.3, 0.4) is 0 Å². The first kappa shape index (κ1) is 19.0. The number of nitrogens with one attached hydrogen (secondary N) is 1. The molecule has 4 atom stereocenters. The van der Waals surface area contributed by atoms with Crippen LogP contribution in [0.25, 0.3) is 0 Å².